The van der Waals surface area contributed by atoms with E-state index in [2.05, 4.69) is 28.5 Å². The lowest BCUT2D eigenvalue weighted by Gasteiger charge is -2.10. The number of anilines is 1. The minimum atomic E-state index is 0.530. The quantitative estimate of drug-likeness (QED) is 0.808. The summed E-state index contributed by atoms with van der Waals surface area (Å²) in [5, 5.41) is 4.40. The number of hydrogen-bond acceptors (Lipinski definition) is 4. The van der Waals surface area contributed by atoms with Gasteiger partial charge < -0.3 is 10.1 Å². The smallest absolute Gasteiger partial charge is 0.183 e. The van der Waals surface area contributed by atoms with Gasteiger partial charge in [0.15, 0.2) is 5.13 Å². The number of para-hydroxylation sites is 1. The first-order valence-electron chi connectivity index (χ1n) is 7.13. The molecule has 2 aromatic rings. The van der Waals surface area contributed by atoms with Crippen LogP contribution in [0.25, 0.3) is 10.2 Å². The topological polar surface area (TPSA) is 34.1 Å². The van der Waals surface area contributed by atoms with Crippen LogP contribution in [0.15, 0.2) is 24.3 Å². The Morgan fingerprint density at radius 2 is 2.11 bits per heavy atom. The lowest BCUT2D eigenvalue weighted by Crippen LogP contribution is -2.11. The van der Waals surface area contributed by atoms with E-state index in [4.69, 9.17) is 4.74 Å². The van der Waals surface area contributed by atoms with Crippen molar-refractivity contribution in [2.24, 2.45) is 0 Å². The number of nitrogens with one attached hydrogen (secondary N) is 1. The molecule has 0 spiro atoms. The van der Waals surface area contributed by atoms with Crippen LogP contribution in [0.2, 0.25) is 0 Å². The third-order valence-corrected chi connectivity index (χ3v) is 4.54. The predicted molar refractivity (Wildman–Crippen MR) is 80.9 cm³/mol. The van der Waals surface area contributed by atoms with Gasteiger partial charge in [-0.1, -0.05) is 36.3 Å². The molecule has 0 aliphatic heterocycles. The number of benzene rings is 1. The molecule has 0 saturated heterocycles. The molecule has 102 valence electrons. The number of thiazole rings is 1. The Hall–Kier alpha value is -1.13. The fraction of sp³-hybridized carbons (Fsp3) is 0.533. The van der Waals surface area contributed by atoms with E-state index in [1.165, 1.54) is 30.4 Å². The second kappa shape index (κ2) is 6.35. The molecule has 1 aromatic carbocycles. The highest BCUT2D eigenvalue weighted by Gasteiger charge is 2.14. The van der Waals surface area contributed by atoms with Crippen molar-refractivity contribution in [3.05, 3.63) is 24.3 Å². The summed E-state index contributed by atoms with van der Waals surface area (Å²) in [5.74, 6) is 0. The van der Waals surface area contributed by atoms with Crippen molar-refractivity contribution in [2.75, 3.05) is 18.5 Å². The normalized spacial score (nSPS) is 16.2. The molecule has 0 radical (unpaired) electrons. The molecule has 0 unspecified atom stereocenters. The molecular formula is C15H20N2OS. The van der Waals surface area contributed by atoms with Crippen LogP contribution >= 0.6 is 11.3 Å². The second-order valence-electron chi connectivity index (χ2n) is 5.04. The van der Waals surface area contributed by atoms with Crippen LogP contribution in [0.3, 0.4) is 0 Å². The maximum Gasteiger partial charge on any atom is 0.183 e. The van der Waals surface area contributed by atoms with Crippen molar-refractivity contribution in [1.82, 2.24) is 4.98 Å². The molecule has 3 nitrogen and oxygen atoms in total. The molecule has 4 heteroatoms. The molecule has 3 rings (SSSR count). The van der Waals surface area contributed by atoms with Crippen molar-refractivity contribution in [3.63, 3.8) is 0 Å². The first-order chi connectivity index (χ1) is 9.42. The zero-order valence-corrected chi connectivity index (χ0v) is 11.9. The summed E-state index contributed by atoms with van der Waals surface area (Å²) in [6.07, 6.45) is 6.77. The Kier molecular flexibility index (Phi) is 4.30. The Bertz CT molecular complexity index is 487. The second-order valence-corrected chi connectivity index (χ2v) is 6.07. The summed E-state index contributed by atoms with van der Waals surface area (Å²) >= 11 is 1.72. The maximum absolute atomic E-state index is 5.84. The molecule has 1 fully saturated rings. The van der Waals surface area contributed by atoms with Gasteiger partial charge in [-0.05, 0) is 31.4 Å². The molecule has 1 saturated carbocycles. The van der Waals surface area contributed by atoms with Gasteiger partial charge in [-0.15, -0.1) is 0 Å². The van der Waals surface area contributed by atoms with E-state index in [0.29, 0.717) is 6.10 Å². The Labute approximate surface area is 118 Å². The third-order valence-electron chi connectivity index (χ3n) is 3.55. The number of nitrogens with zero attached hydrogens (tertiary/aromatic N) is 1. The van der Waals surface area contributed by atoms with E-state index in [1.54, 1.807) is 11.3 Å². The highest BCUT2D eigenvalue weighted by atomic mass is 32.1. The summed E-state index contributed by atoms with van der Waals surface area (Å²) in [5.41, 5.74) is 1.08. The average Bonchev–Trinajstić information content (AvgIpc) is 3.06. The molecule has 1 heterocycles. The lowest BCUT2D eigenvalue weighted by atomic mass is 10.3. The van der Waals surface area contributed by atoms with Crippen LogP contribution < -0.4 is 5.32 Å². The average molecular weight is 276 g/mol. The van der Waals surface area contributed by atoms with E-state index in [-0.39, 0.29) is 0 Å². The number of hydrogen-bond donors (Lipinski definition) is 1. The van der Waals surface area contributed by atoms with Crippen LogP contribution in [0.5, 0.6) is 0 Å². The molecule has 1 aliphatic carbocycles. The molecule has 19 heavy (non-hydrogen) atoms. The van der Waals surface area contributed by atoms with E-state index >= 15 is 0 Å². The minimum absolute atomic E-state index is 0.530. The summed E-state index contributed by atoms with van der Waals surface area (Å²) in [4.78, 5) is 4.55. The van der Waals surface area contributed by atoms with Crippen LogP contribution in [-0.2, 0) is 4.74 Å². The van der Waals surface area contributed by atoms with Crippen molar-refractivity contribution < 1.29 is 4.74 Å². The van der Waals surface area contributed by atoms with Gasteiger partial charge in [0.05, 0.1) is 16.3 Å². The zero-order chi connectivity index (χ0) is 12.9. The Morgan fingerprint density at radius 3 is 2.95 bits per heavy atom. The lowest BCUT2D eigenvalue weighted by molar-refractivity contribution is 0.0583. The van der Waals surface area contributed by atoms with Crippen molar-refractivity contribution >= 4 is 26.7 Å². The van der Waals surface area contributed by atoms with Crippen molar-refractivity contribution in [1.29, 1.82) is 0 Å². The van der Waals surface area contributed by atoms with E-state index in [9.17, 15) is 0 Å². The van der Waals surface area contributed by atoms with Crippen LogP contribution in [0, 0.1) is 0 Å². The summed E-state index contributed by atoms with van der Waals surface area (Å²) in [7, 11) is 0. The van der Waals surface area contributed by atoms with E-state index in [0.717, 1.165) is 30.2 Å². The number of aromatic nitrogens is 1. The minimum Gasteiger partial charge on any atom is -0.378 e. The Morgan fingerprint density at radius 1 is 1.26 bits per heavy atom. The monoisotopic (exact) mass is 276 g/mol. The maximum atomic E-state index is 5.84. The summed E-state index contributed by atoms with van der Waals surface area (Å²) in [6, 6.07) is 8.25. The first kappa shape index (κ1) is 12.9. The predicted octanol–water partition coefficient (Wildman–Crippen LogP) is 4.06. The summed E-state index contributed by atoms with van der Waals surface area (Å²) < 4.78 is 7.09. The van der Waals surface area contributed by atoms with Crippen LogP contribution in [0.4, 0.5) is 5.13 Å². The largest absolute Gasteiger partial charge is 0.378 e. The molecule has 1 aromatic heterocycles. The van der Waals surface area contributed by atoms with Crippen LogP contribution in [0.1, 0.15) is 32.1 Å². The van der Waals surface area contributed by atoms with Gasteiger partial charge in [-0.25, -0.2) is 4.98 Å². The van der Waals surface area contributed by atoms with Crippen molar-refractivity contribution in [3.8, 4) is 0 Å². The zero-order valence-electron chi connectivity index (χ0n) is 11.1. The van der Waals surface area contributed by atoms with Gasteiger partial charge >= 0.3 is 0 Å². The SMILES string of the molecule is c1ccc2sc(NCCCOC3CCCC3)nc2c1. The highest BCUT2D eigenvalue weighted by Crippen LogP contribution is 2.25. The molecule has 0 atom stereocenters. The number of ether oxygens (including phenoxy) is 1. The van der Waals surface area contributed by atoms with Gasteiger partial charge in [0.25, 0.3) is 0 Å². The fourth-order valence-corrected chi connectivity index (χ4v) is 3.41. The number of fused-ring (bicyclic) bond motifs is 1. The Balaban J connectivity index is 1.39. The third kappa shape index (κ3) is 3.45. The number of rotatable bonds is 6. The molecule has 1 aliphatic rings. The molecule has 0 amide bonds. The van der Waals surface area contributed by atoms with Gasteiger partial charge in [-0.2, -0.15) is 0 Å². The standard InChI is InChI=1S/C15H20N2OS/c1-2-7-12(6-1)18-11-5-10-16-15-17-13-8-3-4-9-14(13)19-15/h3-4,8-9,12H,1-2,5-7,10-11H2,(H,16,17). The van der Waals surface area contributed by atoms with Gasteiger partial charge in [0.2, 0.25) is 0 Å². The fourth-order valence-electron chi connectivity index (χ4n) is 2.52. The summed E-state index contributed by atoms with van der Waals surface area (Å²) in [6.45, 7) is 1.80. The molecule has 0 bridgehead atoms. The van der Waals surface area contributed by atoms with E-state index in [1.807, 2.05) is 6.07 Å². The first-order valence-corrected chi connectivity index (χ1v) is 7.94. The van der Waals surface area contributed by atoms with E-state index < -0.39 is 0 Å². The van der Waals surface area contributed by atoms with Gasteiger partial charge in [0, 0.05) is 13.2 Å². The van der Waals surface area contributed by atoms with Gasteiger partial charge in [0.1, 0.15) is 0 Å². The highest BCUT2D eigenvalue weighted by molar-refractivity contribution is 7.22. The van der Waals surface area contributed by atoms with Crippen molar-refractivity contribution in [2.45, 2.75) is 38.2 Å². The van der Waals surface area contributed by atoms with Gasteiger partial charge in [-0.3, -0.25) is 0 Å². The molecule has 1 N–H and O–H groups in total. The molecular weight excluding hydrogens is 256 g/mol. The van der Waals surface area contributed by atoms with Crippen LogP contribution in [-0.4, -0.2) is 24.2 Å².